The van der Waals surface area contributed by atoms with Crippen LogP contribution in [-0.4, -0.2) is 28.6 Å². The van der Waals surface area contributed by atoms with E-state index in [2.05, 4.69) is 5.32 Å². The van der Waals surface area contributed by atoms with Gasteiger partial charge in [-0.25, -0.2) is 0 Å². The van der Waals surface area contributed by atoms with Crippen LogP contribution in [-0.2, 0) is 0 Å². The molecule has 0 saturated carbocycles. The minimum absolute atomic E-state index is 0.0976. The molecular weight excluding hydrogens is 267 g/mol. The number of hydrogen-bond donors (Lipinski definition) is 2. The highest BCUT2D eigenvalue weighted by molar-refractivity contribution is 6.33. The van der Waals surface area contributed by atoms with Gasteiger partial charge in [0.05, 0.1) is 16.9 Å². The van der Waals surface area contributed by atoms with Crippen LogP contribution in [0.5, 0.6) is 0 Å². The third-order valence-corrected chi connectivity index (χ3v) is 3.10. The zero-order valence-corrected chi connectivity index (χ0v) is 10.6. The summed E-state index contributed by atoms with van der Waals surface area (Å²) >= 11 is 11.3. The number of nitrogens with zero attached hydrogens (tertiary/aromatic N) is 1. The summed E-state index contributed by atoms with van der Waals surface area (Å²) in [5, 5.41) is 23.0. The van der Waals surface area contributed by atoms with E-state index >= 15 is 0 Å². The molecule has 94 valence electrons. The van der Waals surface area contributed by atoms with E-state index in [1.54, 1.807) is 13.0 Å². The number of nitro groups is 1. The lowest BCUT2D eigenvalue weighted by atomic mass is 10.1. The molecule has 1 rings (SSSR count). The van der Waals surface area contributed by atoms with Crippen molar-refractivity contribution in [1.29, 1.82) is 0 Å². The van der Waals surface area contributed by atoms with E-state index in [1.807, 2.05) is 0 Å². The van der Waals surface area contributed by atoms with Gasteiger partial charge in [0.15, 0.2) is 0 Å². The second-order valence-electron chi connectivity index (χ2n) is 3.52. The zero-order chi connectivity index (χ0) is 13.0. The molecular formula is C10H12Cl2N2O3. The molecule has 0 heterocycles. The van der Waals surface area contributed by atoms with Crippen LogP contribution in [0, 0.1) is 17.0 Å². The average Bonchev–Trinajstić information content (AvgIpc) is 2.30. The van der Waals surface area contributed by atoms with Gasteiger partial charge in [-0.3, -0.25) is 10.1 Å². The second kappa shape index (κ2) is 6.05. The first-order valence-corrected chi connectivity index (χ1v) is 5.80. The highest BCUT2D eigenvalue weighted by Gasteiger charge is 2.16. The fourth-order valence-corrected chi connectivity index (χ4v) is 1.63. The molecule has 7 heteroatoms. The lowest BCUT2D eigenvalue weighted by Gasteiger charge is -2.13. The van der Waals surface area contributed by atoms with Gasteiger partial charge in [-0.2, -0.15) is 0 Å². The maximum absolute atomic E-state index is 10.6. The minimum Gasteiger partial charge on any atom is -0.390 e. The summed E-state index contributed by atoms with van der Waals surface area (Å²) in [6, 6.07) is 2.88. The molecule has 0 saturated heterocycles. The van der Waals surface area contributed by atoms with Gasteiger partial charge in [0, 0.05) is 18.3 Å². The number of rotatable bonds is 5. The van der Waals surface area contributed by atoms with Crippen molar-refractivity contribution in [2.75, 3.05) is 17.7 Å². The molecule has 5 nitrogen and oxygen atoms in total. The molecule has 1 unspecified atom stereocenters. The van der Waals surface area contributed by atoms with Crippen molar-refractivity contribution in [1.82, 2.24) is 0 Å². The molecule has 0 aliphatic carbocycles. The maximum atomic E-state index is 10.6. The summed E-state index contributed by atoms with van der Waals surface area (Å²) in [5.74, 6) is 0.118. The number of nitrogens with one attached hydrogen (secondary N) is 1. The quantitative estimate of drug-likeness (QED) is 0.493. The first kappa shape index (κ1) is 14.0. The molecule has 0 bridgehead atoms. The van der Waals surface area contributed by atoms with Crippen molar-refractivity contribution in [3.63, 3.8) is 0 Å². The molecule has 0 aliphatic heterocycles. The summed E-state index contributed by atoms with van der Waals surface area (Å²) < 4.78 is 0. The summed E-state index contributed by atoms with van der Waals surface area (Å²) in [6.45, 7) is 1.93. The van der Waals surface area contributed by atoms with E-state index in [4.69, 9.17) is 23.2 Å². The SMILES string of the molecule is Cc1c(NCC(O)CCl)ccc([N+](=O)[O-])c1Cl. The van der Waals surface area contributed by atoms with Gasteiger partial charge in [0.25, 0.3) is 5.69 Å². The Labute approximate surface area is 108 Å². The first-order chi connectivity index (χ1) is 7.97. The van der Waals surface area contributed by atoms with Gasteiger partial charge >= 0.3 is 0 Å². The zero-order valence-electron chi connectivity index (χ0n) is 9.11. The normalized spacial score (nSPS) is 12.2. The Bertz CT molecular complexity index is 426. The monoisotopic (exact) mass is 278 g/mol. The van der Waals surface area contributed by atoms with Gasteiger partial charge < -0.3 is 10.4 Å². The second-order valence-corrected chi connectivity index (χ2v) is 4.20. The maximum Gasteiger partial charge on any atom is 0.288 e. The molecule has 1 atom stereocenters. The van der Waals surface area contributed by atoms with Crippen LogP contribution in [0.15, 0.2) is 12.1 Å². The molecule has 0 aliphatic rings. The van der Waals surface area contributed by atoms with Crippen LogP contribution >= 0.6 is 23.2 Å². The van der Waals surface area contributed by atoms with E-state index in [0.29, 0.717) is 11.3 Å². The number of benzene rings is 1. The van der Waals surface area contributed by atoms with Crippen molar-refractivity contribution >= 4 is 34.6 Å². The van der Waals surface area contributed by atoms with Crippen molar-refractivity contribution in [2.24, 2.45) is 0 Å². The third kappa shape index (κ3) is 3.46. The highest BCUT2D eigenvalue weighted by atomic mass is 35.5. The lowest BCUT2D eigenvalue weighted by Crippen LogP contribution is -2.21. The van der Waals surface area contributed by atoms with Crippen LogP contribution in [0.1, 0.15) is 5.56 Å². The molecule has 1 aromatic rings. The number of aliphatic hydroxyl groups excluding tert-OH is 1. The average molecular weight is 279 g/mol. The van der Waals surface area contributed by atoms with E-state index in [9.17, 15) is 15.2 Å². The Morgan fingerprint density at radius 1 is 1.59 bits per heavy atom. The van der Waals surface area contributed by atoms with Gasteiger partial charge in [0.1, 0.15) is 5.02 Å². The molecule has 0 spiro atoms. The van der Waals surface area contributed by atoms with Gasteiger partial charge in [-0.15, -0.1) is 11.6 Å². The lowest BCUT2D eigenvalue weighted by molar-refractivity contribution is -0.384. The summed E-state index contributed by atoms with van der Waals surface area (Å²) in [4.78, 5) is 10.1. The highest BCUT2D eigenvalue weighted by Crippen LogP contribution is 2.32. The minimum atomic E-state index is -0.676. The Balaban J connectivity index is 2.89. The van der Waals surface area contributed by atoms with Gasteiger partial charge in [-0.05, 0) is 18.6 Å². The predicted molar refractivity (Wildman–Crippen MR) is 68.1 cm³/mol. The van der Waals surface area contributed by atoms with Crippen LogP contribution in [0.2, 0.25) is 5.02 Å². The molecule has 0 amide bonds. The topological polar surface area (TPSA) is 75.4 Å². The number of nitro benzene ring substituents is 1. The molecule has 0 aromatic heterocycles. The number of aliphatic hydroxyl groups is 1. The Morgan fingerprint density at radius 2 is 2.24 bits per heavy atom. The van der Waals surface area contributed by atoms with Crippen LogP contribution in [0.3, 0.4) is 0 Å². The fourth-order valence-electron chi connectivity index (χ4n) is 1.29. The smallest absolute Gasteiger partial charge is 0.288 e. The Hall–Kier alpha value is -1.04. The largest absolute Gasteiger partial charge is 0.390 e. The molecule has 1 aromatic carbocycles. The van der Waals surface area contributed by atoms with Crippen LogP contribution in [0.4, 0.5) is 11.4 Å². The van der Waals surface area contributed by atoms with Crippen LogP contribution < -0.4 is 5.32 Å². The van der Waals surface area contributed by atoms with Crippen LogP contribution in [0.25, 0.3) is 0 Å². The summed E-state index contributed by atoms with van der Waals surface area (Å²) in [5.41, 5.74) is 1.08. The number of anilines is 1. The predicted octanol–water partition coefficient (Wildman–Crippen LogP) is 2.57. The van der Waals surface area contributed by atoms with E-state index in [1.165, 1.54) is 6.07 Å². The Kier molecular flexibility index (Phi) is 4.99. The Morgan fingerprint density at radius 3 is 2.76 bits per heavy atom. The van der Waals surface area contributed by atoms with Crippen molar-refractivity contribution in [3.8, 4) is 0 Å². The van der Waals surface area contributed by atoms with Gasteiger partial charge in [-0.1, -0.05) is 11.6 Å². The van der Waals surface area contributed by atoms with E-state index < -0.39 is 11.0 Å². The molecule has 2 N–H and O–H groups in total. The first-order valence-electron chi connectivity index (χ1n) is 4.88. The standard InChI is InChI=1S/C10H12Cl2N2O3/c1-6-8(13-5-7(15)4-11)2-3-9(10(6)12)14(16)17/h2-3,7,13,15H,4-5H2,1H3. The summed E-state index contributed by atoms with van der Waals surface area (Å²) in [6.07, 6.45) is -0.676. The van der Waals surface area contributed by atoms with E-state index in [-0.39, 0.29) is 23.1 Å². The molecule has 0 fully saturated rings. The van der Waals surface area contributed by atoms with Crippen molar-refractivity contribution < 1.29 is 10.0 Å². The molecule has 17 heavy (non-hydrogen) atoms. The fraction of sp³-hybridized carbons (Fsp3) is 0.400. The number of alkyl halides is 1. The molecule has 0 radical (unpaired) electrons. The van der Waals surface area contributed by atoms with E-state index in [0.717, 1.165) is 0 Å². The van der Waals surface area contributed by atoms with Crippen molar-refractivity contribution in [3.05, 3.63) is 32.8 Å². The summed E-state index contributed by atoms with van der Waals surface area (Å²) in [7, 11) is 0. The number of halogens is 2. The van der Waals surface area contributed by atoms with Gasteiger partial charge in [0.2, 0.25) is 0 Å². The third-order valence-electron chi connectivity index (χ3n) is 2.27. The number of hydrogen-bond acceptors (Lipinski definition) is 4. The van der Waals surface area contributed by atoms with Crippen molar-refractivity contribution in [2.45, 2.75) is 13.0 Å².